The maximum Gasteiger partial charge on any atom is 0.325 e. The van der Waals surface area contributed by atoms with Gasteiger partial charge >= 0.3 is 6.03 Å². The zero-order valence-corrected chi connectivity index (χ0v) is 15.3. The molecule has 7 nitrogen and oxygen atoms in total. The summed E-state index contributed by atoms with van der Waals surface area (Å²) in [6, 6.07) is 9.68. The van der Waals surface area contributed by atoms with Crippen molar-refractivity contribution in [3.8, 4) is 0 Å². The van der Waals surface area contributed by atoms with Crippen LogP contribution in [0.25, 0.3) is 0 Å². The van der Waals surface area contributed by atoms with Crippen molar-refractivity contribution in [3.63, 3.8) is 0 Å². The molecular weight excluding hydrogens is 332 g/mol. The molecule has 2 fully saturated rings. The van der Waals surface area contributed by atoms with E-state index in [2.05, 4.69) is 15.5 Å². The molecule has 26 heavy (non-hydrogen) atoms. The first kappa shape index (κ1) is 18.4. The van der Waals surface area contributed by atoms with Crippen LogP contribution in [0.4, 0.5) is 4.79 Å². The van der Waals surface area contributed by atoms with E-state index in [1.54, 1.807) is 13.8 Å². The molecule has 2 N–H and O–H groups in total. The molecule has 0 aromatic heterocycles. The lowest BCUT2D eigenvalue weighted by Crippen LogP contribution is -2.40. The number of carbonyl (C=O) groups excluding carboxylic acids is 3. The minimum atomic E-state index is -0.831. The molecule has 0 spiro atoms. The lowest BCUT2D eigenvalue weighted by atomic mass is 10.0. The van der Waals surface area contributed by atoms with E-state index in [4.69, 9.17) is 0 Å². The van der Waals surface area contributed by atoms with E-state index >= 15 is 0 Å². The van der Waals surface area contributed by atoms with Crippen molar-refractivity contribution in [2.45, 2.75) is 38.3 Å². The Hall–Kier alpha value is -2.41. The predicted octanol–water partition coefficient (Wildman–Crippen LogP) is 1.27. The highest BCUT2D eigenvalue weighted by Gasteiger charge is 2.43. The molecule has 0 bridgehead atoms. The van der Waals surface area contributed by atoms with Crippen LogP contribution in [0.2, 0.25) is 0 Å². The summed E-state index contributed by atoms with van der Waals surface area (Å²) in [6.45, 7) is 5.88. The smallest absolute Gasteiger partial charge is 0.325 e. The number of benzene rings is 1. The number of urea groups is 1. The summed E-state index contributed by atoms with van der Waals surface area (Å²) in [5.74, 6) is -0.132. The zero-order chi connectivity index (χ0) is 18.7. The van der Waals surface area contributed by atoms with Gasteiger partial charge in [0.15, 0.2) is 0 Å². The van der Waals surface area contributed by atoms with Crippen molar-refractivity contribution >= 4 is 17.8 Å². The number of imide groups is 1. The van der Waals surface area contributed by atoms with Crippen molar-refractivity contribution in [1.82, 2.24) is 20.4 Å². The van der Waals surface area contributed by atoms with Crippen molar-refractivity contribution in [2.75, 3.05) is 26.2 Å². The number of nitrogens with zero attached hydrogens (tertiary/aromatic N) is 2. The molecule has 1 aromatic carbocycles. The van der Waals surface area contributed by atoms with Crippen LogP contribution < -0.4 is 10.6 Å². The van der Waals surface area contributed by atoms with Crippen LogP contribution in [-0.2, 0) is 9.59 Å². The van der Waals surface area contributed by atoms with Gasteiger partial charge in [0.1, 0.15) is 5.54 Å². The number of nitrogens with one attached hydrogen (secondary N) is 2. The van der Waals surface area contributed by atoms with E-state index < -0.39 is 5.54 Å². The quantitative estimate of drug-likeness (QED) is 0.777. The van der Waals surface area contributed by atoms with Crippen molar-refractivity contribution < 1.29 is 14.4 Å². The van der Waals surface area contributed by atoms with Crippen molar-refractivity contribution in [1.29, 1.82) is 0 Å². The van der Waals surface area contributed by atoms with Gasteiger partial charge in [0, 0.05) is 38.6 Å². The van der Waals surface area contributed by atoms with E-state index in [0.29, 0.717) is 32.5 Å². The number of hydrogen-bond acceptors (Lipinski definition) is 4. The Morgan fingerprint density at radius 2 is 1.85 bits per heavy atom. The molecule has 0 aliphatic carbocycles. The van der Waals surface area contributed by atoms with E-state index in [1.807, 2.05) is 30.3 Å². The summed E-state index contributed by atoms with van der Waals surface area (Å²) in [7, 11) is 0. The summed E-state index contributed by atoms with van der Waals surface area (Å²) in [5.41, 5.74) is 0.281. The van der Waals surface area contributed by atoms with Crippen LogP contribution in [0.15, 0.2) is 30.3 Å². The normalized spacial score (nSPS) is 23.5. The molecule has 140 valence electrons. The van der Waals surface area contributed by atoms with Gasteiger partial charge in [0.05, 0.1) is 0 Å². The molecule has 2 heterocycles. The van der Waals surface area contributed by atoms with Gasteiger partial charge in [0.2, 0.25) is 5.91 Å². The second-order valence-electron chi connectivity index (χ2n) is 7.38. The van der Waals surface area contributed by atoms with Gasteiger partial charge in [-0.25, -0.2) is 4.79 Å². The van der Waals surface area contributed by atoms with Crippen molar-refractivity contribution in [3.05, 3.63) is 35.9 Å². The second-order valence-corrected chi connectivity index (χ2v) is 7.38. The van der Waals surface area contributed by atoms with Gasteiger partial charge in [-0.15, -0.1) is 0 Å². The van der Waals surface area contributed by atoms with Crippen molar-refractivity contribution in [2.24, 2.45) is 0 Å². The first-order chi connectivity index (χ1) is 12.4. The third-order valence-corrected chi connectivity index (χ3v) is 5.00. The Morgan fingerprint density at radius 1 is 1.12 bits per heavy atom. The second kappa shape index (κ2) is 7.45. The zero-order valence-electron chi connectivity index (χ0n) is 15.3. The predicted molar refractivity (Wildman–Crippen MR) is 97.3 cm³/mol. The fourth-order valence-corrected chi connectivity index (χ4v) is 3.60. The molecule has 4 amide bonds. The molecule has 3 rings (SSSR count). The highest BCUT2D eigenvalue weighted by atomic mass is 16.2. The van der Waals surface area contributed by atoms with Gasteiger partial charge in [0.25, 0.3) is 5.91 Å². The van der Waals surface area contributed by atoms with Crippen LogP contribution in [-0.4, -0.2) is 59.4 Å². The van der Waals surface area contributed by atoms with E-state index in [1.165, 1.54) is 4.90 Å². The molecule has 2 aliphatic rings. The molecule has 2 saturated heterocycles. The largest absolute Gasteiger partial charge is 0.355 e. The maximum atomic E-state index is 12.3. The van der Waals surface area contributed by atoms with Crippen LogP contribution in [0.3, 0.4) is 0 Å². The lowest BCUT2D eigenvalue weighted by molar-refractivity contribution is -0.130. The van der Waals surface area contributed by atoms with Gasteiger partial charge < -0.3 is 10.6 Å². The molecular formula is C19H26N4O3. The highest BCUT2D eigenvalue weighted by Crippen LogP contribution is 2.26. The molecule has 2 aliphatic heterocycles. The number of hydrogen-bond donors (Lipinski definition) is 2. The monoisotopic (exact) mass is 358 g/mol. The average molecular weight is 358 g/mol. The summed E-state index contributed by atoms with van der Waals surface area (Å²) in [4.78, 5) is 39.8. The molecule has 0 saturated carbocycles. The molecule has 0 radical (unpaired) electrons. The van der Waals surface area contributed by atoms with Crippen LogP contribution in [0, 0.1) is 0 Å². The topological polar surface area (TPSA) is 81.8 Å². The minimum absolute atomic E-state index is 0.0123. The van der Waals surface area contributed by atoms with Crippen LogP contribution in [0.1, 0.15) is 38.3 Å². The number of carbonyl (C=O) groups is 3. The average Bonchev–Trinajstić information content (AvgIpc) is 2.74. The standard InChI is InChI=1S/C19H26N4O3/c1-19(2)17(25)23(18(26)21-19)11-6-10-22-12-9-20-16(24)13-15(22)14-7-4-3-5-8-14/h3-5,7-8,15H,6,9-13H2,1-2H3,(H,20,24)(H,21,26)/t15-/m0/s1. The molecule has 1 atom stereocenters. The first-order valence-corrected chi connectivity index (χ1v) is 9.08. The van der Waals surface area contributed by atoms with E-state index in [0.717, 1.165) is 12.1 Å². The van der Waals surface area contributed by atoms with Crippen LogP contribution >= 0.6 is 0 Å². The fourth-order valence-electron chi connectivity index (χ4n) is 3.60. The first-order valence-electron chi connectivity index (χ1n) is 9.08. The fraction of sp³-hybridized carbons (Fsp3) is 0.526. The lowest BCUT2D eigenvalue weighted by Gasteiger charge is -2.29. The summed E-state index contributed by atoms with van der Waals surface area (Å²) in [6.07, 6.45) is 1.09. The SMILES string of the molecule is CC1(C)NC(=O)N(CCCN2CCNC(=O)C[C@H]2c2ccccc2)C1=O. The molecule has 1 aromatic rings. The van der Waals surface area contributed by atoms with E-state index in [9.17, 15) is 14.4 Å². The van der Waals surface area contributed by atoms with Gasteiger partial charge in [-0.3, -0.25) is 19.4 Å². The third kappa shape index (κ3) is 3.88. The minimum Gasteiger partial charge on any atom is -0.355 e. The Labute approximate surface area is 153 Å². The van der Waals surface area contributed by atoms with E-state index in [-0.39, 0.29) is 23.9 Å². The summed E-state index contributed by atoms with van der Waals surface area (Å²) in [5, 5.41) is 5.62. The molecule has 7 heteroatoms. The Balaban J connectivity index is 1.64. The van der Waals surface area contributed by atoms with Gasteiger partial charge in [-0.05, 0) is 25.8 Å². The summed E-state index contributed by atoms with van der Waals surface area (Å²) >= 11 is 0. The summed E-state index contributed by atoms with van der Waals surface area (Å²) < 4.78 is 0. The molecule has 0 unspecified atom stereocenters. The Kier molecular flexibility index (Phi) is 5.27. The number of rotatable bonds is 5. The van der Waals surface area contributed by atoms with Crippen LogP contribution in [0.5, 0.6) is 0 Å². The highest BCUT2D eigenvalue weighted by molar-refractivity contribution is 6.06. The number of amides is 4. The van der Waals surface area contributed by atoms with Gasteiger partial charge in [-0.1, -0.05) is 30.3 Å². The van der Waals surface area contributed by atoms with Gasteiger partial charge in [-0.2, -0.15) is 0 Å². The Bertz CT molecular complexity index is 689. The maximum absolute atomic E-state index is 12.3. The Morgan fingerprint density at radius 3 is 2.50 bits per heavy atom. The third-order valence-electron chi connectivity index (χ3n) is 5.00.